The highest BCUT2D eigenvalue weighted by molar-refractivity contribution is 5.06. The Morgan fingerprint density at radius 3 is 2.60 bits per heavy atom. The normalized spacial score (nSPS) is 43.8. The van der Waals surface area contributed by atoms with E-state index in [0.717, 1.165) is 25.8 Å². The first-order valence-corrected chi connectivity index (χ1v) is 3.91. The maximum atomic E-state index is 9.12. The second-order valence-corrected chi connectivity index (χ2v) is 3.59. The predicted octanol–water partition coefficient (Wildman–Crippen LogP) is -0.594. The summed E-state index contributed by atoms with van der Waals surface area (Å²) in [5.41, 5.74) is 6.05. The molecular formula is C7H14N2O. The Kier molecular flexibility index (Phi) is 1.27. The SMILES string of the molecule is NC1(C2CNC(O)C2)CC1. The van der Waals surface area contributed by atoms with Gasteiger partial charge in [-0.2, -0.15) is 0 Å². The first-order valence-electron chi connectivity index (χ1n) is 3.91. The van der Waals surface area contributed by atoms with E-state index in [0.29, 0.717) is 5.92 Å². The van der Waals surface area contributed by atoms with Crippen LogP contribution in [0.1, 0.15) is 19.3 Å². The van der Waals surface area contributed by atoms with E-state index < -0.39 is 0 Å². The molecule has 4 N–H and O–H groups in total. The highest BCUT2D eigenvalue weighted by Crippen LogP contribution is 2.42. The maximum absolute atomic E-state index is 9.12. The molecule has 0 aromatic rings. The number of hydrogen-bond donors (Lipinski definition) is 3. The highest BCUT2D eigenvalue weighted by atomic mass is 16.3. The van der Waals surface area contributed by atoms with Gasteiger partial charge in [-0.1, -0.05) is 0 Å². The molecule has 2 aliphatic rings. The van der Waals surface area contributed by atoms with Crippen LogP contribution in [-0.4, -0.2) is 23.4 Å². The topological polar surface area (TPSA) is 58.3 Å². The molecule has 2 atom stereocenters. The monoisotopic (exact) mass is 142 g/mol. The zero-order valence-corrected chi connectivity index (χ0v) is 6.01. The van der Waals surface area contributed by atoms with Crippen LogP contribution in [0.2, 0.25) is 0 Å². The minimum absolute atomic E-state index is 0.0878. The third-order valence-electron chi connectivity index (χ3n) is 2.75. The highest BCUT2D eigenvalue weighted by Gasteiger charge is 2.47. The van der Waals surface area contributed by atoms with Crippen LogP contribution < -0.4 is 11.1 Å². The van der Waals surface area contributed by atoms with E-state index in [1.807, 2.05) is 0 Å². The molecule has 2 unspecified atom stereocenters. The third-order valence-corrected chi connectivity index (χ3v) is 2.75. The number of nitrogens with one attached hydrogen (secondary N) is 1. The van der Waals surface area contributed by atoms with Crippen LogP contribution in [0.4, 0.5) is 0 Å². The van der Waals surface area contributed by atoms with Gasteiger partial charge in [0.05, 0.1) is 0 Å². The Balaban J connectivity index is 1.95. The lowest BCUT2D eigenvalue weighted by Crippen LogP contribution is -2.33. The van der Waals surface area contributed by atoms with Gasteiger partial charge < -0.3 is 10.8 Å². The van der Waals surface area contributed by atoms with E-state index >= 15 is 0 Å². The van der Waals surface area contributed by atoms with Crippen molar-refractivity contribution in [1.29, 1.82) is 0 Å². The fourth-order valence-corrected chi connectivity index (χ4v) is 1.71. The molecule has 10 heavy (non-hydrogen) atoms. The molecule has 0 aromatic carbocycles. The standard InChI is InChI=1S/C7H14N2O/c8-7(1-2-7)5-3-6(10)9-4-5/h5-6,9-10H,1-4,8H2. The molecule has 1 aliphatic carbocycles. The Morgan fingerprint density at radius 2 is 2.20 bits per heavy atom. The van der Waals surface area contributed by atoms with E-state index in [2.05, 4.69) is 5.32 Å². The Labute approximate surface area is 60.6 Å². The molecule has 0 radical (unpaired) electrons. The molecule has 0 bridgehead atoms. The van der Waals surface area contributed by atoms with Crippen LogP contribution in [-0.2, 0) is 0 Å². The summed E-state index contributed by atoms with van der Waals surface area (Å²) in [5, 5.41) is 12.1. The second-order valence-electron chi connectivity index (χ2n) is 3.59. The van der Waals surface area contributed by atoms with E-state index in [9.17, 15) is 0 Å². The molecule has 2 rings (SSSR count). The van der Waals surface area contributed by atoms with Gasteiger partial charge in [0.25, 0.3) is 0 Å². The van der Waals surface area contributed by atoms with Crippen LogP contribution in [0.3, 0.4) is 0 Å². The zero-order valence-electron chi connectivity index (χ0n) is 6.01. The summed E-state index contributed by atoms with van der Waals surface area (Å²) in [6.07, 6.45) is 2.83. The summed E-state index contributed by atoms with van der Waals surface area (Å²) < 4.78 is 0. The molecule has 1 saturated heterocycles. The lowest BCUT2D eigenvalue weighted by atomic mass is 9.97. The number of aliphatic hydroxyl groups is 1. The van der Waals surface area contributed by atoms with Crippen molar-refractivity contribution in [1.82, 2.24) is 5.32 Å². The number of nitrogens with two attached hydrogens (primary N) is 1. The average molecular weight is 142 g/mol. The van der Waals surface area contributed by atoms with Crippen molar-refractivity contribution in [2.24, 2.45) is 11.7 Å². The summed E-state index contributed by atoms with van der Waals surface area (Å²) in [4.78, 5) is 0. The quantitative estimate of drug-likeness (QED) is 0.458. The summed E-state index contributed by atoms with van der Waals surface area (Å²) in [6.45, 7) is 0.900. The molecule has 0 aromatic heterocycles. The van der Waals surface area contributed by atoms with Crippen molar-refractivity contribution in [2.45, 2.75) is 31.0 Å². The Bertz CT molecular complexity index is 145. The van der Waals surface area contributed by atoms with Crippen LogP contribution in [0, 0.1) is 5.92 Å². The molecule has 3 nitrogen and oxygen atoms in total. The minimum atomic E-state index is -0.300. The van der Waals surface area contributed by atoms with E-state index in [1.165, 1.54) is 0 Å². The summed E-state index contributed by atoms with van der Waals surface area (Å²) in [5.74, 6) is 0.516. The summed E-state index contributed by atoms with van der Waals surface area (Å²) >= 11 is 0. The zero-order chi connectivity index (χ0) is 7.19. The first kappa shape index (κ1) is 6.58. The average Bonchev–Trinajstić information content (AvgIpc) is 2.45. The fourth-order valence-electron chi connectivity index (χ4n) is 1.71. The van der Waals surface area contributed by atoms with E-state index in [1.54, 1.807) is 0 Å². The van der Waals surface area contributed by atoms with Gasteiger partial charge in [-0.05, 0) is 25.2 Å². The molecule has 0 amide bonds. The number of rotatable bonds is 1. The van der Waals surface area contributed by atoms with Gasteiger partial charge in [-0.3, -0.25) is 5.32 Å². The van der Waals surface area contributed by atoms with E-state index in [4.69, 9.17) is 10.8 Å². The molecular weight excluding hydrogens is 128 g/mol. The molecule has 0 spiro atoms. The van der Waals surface area contributed by atoms with Crippen molar-refractivity contribution in [3.8, 4) is 0 Å². The third kappa shape index (κ3) is 0.944. The molecule has 58 valence electrons. The van der Waals surface area contributed by atoms with Crippen molar-refractivity contribution in [3.63, 3.8) is 0 Å². The van der Waals surface area contributed by atoms with Gasteiger partial charge in [0.2, 0.25) is 0 Å². The molecule has 2 fully saturated rings. The van der Waals surface area contributed by atoms with Gasteiger partial charge in [0.1, 0.15) is 6.23 Å². The largest absolute Gasteiger partial charge is 0.379 e. The van der Waals surface area contributed by atoms with Crippen LogP contribution in [0.5, 0.6) is 0 Å². The predicted molar refractivity (Wildman–Crippen MR) is 38.3 cm³/mol. The van der Waals surface area contributed by atoms with Crippen LogP contribution >= 0.6 is 0 Å². The van der Waals surface area contributed by atoms with Gasteiger partial charge in [-0.15, -0.1) is 0 Å². The van der Waals surface area contributed by atoms with Gasteiger partial charge in [0.15, 0.2) is 0 Å². The van der Waals surface area contributed by atoms with Crippen LogP contribution in [0.25, 0.3) is 0 Å². The van der Waals surface area contributed by atoms with Gasteiger partial charge in [0, 0.05) is 12.1 Å². The minimum Gasteiger partial charge on any atom is -0.379 e. The second kappa shape index (κ2) is 1.94. The van der Waals surface area contributed by atoms with Crippen LogP contribution in [0.15, 0.2) is 0 Å². The summed E-state index contributed by atoms with van der Waals surface area (Å²) in [6, 6.07) is 0. The fraction of sp³-hybridized carbons (Fsp3) is 1.00. The van der Waals surface area contributed by atoms with Crippen molar-refractivity contribution < 1.29 is 5.11 Å². The number of hydrogen-bond acceptors (Lipinski definition) is 3. The van der Waals surface area contributed by atoms with Crippen molar-refractivity contribution in [3.05, 3.63) is 0 Å². The number of aliphatic hydroxyl groups excluding tert-OH is 1. The molecule has 3 heteroatoms. The van der Waals surface area contributed by atoms with Gasteiger partial charge >= 0.3 is 0 Å². The van der Waals surface area contributed by atoms with Gasteiger partial charge in [-0.25, -0.2) is 0 Å². The molecule has 1 heterocycles. The Hall–Kier alpha value is -0.120. The maximum Gasteiger partial charge on any atom is 0.105 e. The van der Waals surface area contributed by atoms with Crippen molar-refractivity contribution >= 4 is 0 Å². The molecule has 1 aliphatic heterocycles. The first-order chi connectivity index (χ1) is 4.71. The Morgan fingerprint density at radius 1 is 1.50 bits per heavy atom. The van der Waals surface area contributed by atoms with E-state index in [-0.39, 0.29) is 11.8 Å². The lowest BCUT2D eigenvalue weighted by molar-refractivity contribution is 0.154. The smallest absolute Gasteiger partial charge is 0.105 e. The summed E-state index contributed by atoms with van der Waals surface area (Å²) in [7, 11) is 0. The molecule has 1 saturated carbocycles. The lowest BCUT2D eigenvalue weighted by Gasteiger charge is -2.15. The van der Waals surface area contributed by atoms with Crippen molar-refractivity contribution in [2.75, 3.05) is 6.54 Å².